The second-order valence-corrected chi connectivity index (χ2v) is 10.1. The Bertz CT molecular complexity index is 1280. The molecule has 11 heteroatoms. The molecule has 4 heterocycles. The lowest BCUT2D eigenvalue weighted by Crippen LogP contribution is -2.53. The minimum absolute atomic E-state index is 0.106. The van der Waals surface area contributed by atoms with Crippen molar-refractivity contribution in [1.82, 2.24) is 18.8 Å². The van der Waals surface area contributed by atoms with Crippen LogP contribution < -0.4 is 4.90 Å². The topological polar surface area (TPSA) is 106 Å². The van der Waals surface area contributed by atoms with Crippen molar-refractivity contribution in [2.45, 2.75) is 24.5 Å². The fourth-order valence-corrected chi connectivity index (χ4v) is 5.99. The lowest BCUT2D eigenvalue weighted by Gasteiger charge is -2.38. The van der Waals surface area contributed by atoms with Crippen LogP contribution in [-0.2, 0) is 16.4 Å². The average Bonchev–Trinajstić information content (AvgIpc) is 3.55. The van der Waals surface area contributed by atoms with Gasteiger partial charge in [-0.1, -0.05) is 35.5 Å². The van der Waals surface area contributed by atoms with E-state index in [0.29, 0.717) is 37.6 Å². The predicted octanol–water partition coefficient (Wildman–Crippen LogP) is 3.28. The third-order valence-electron chi connectivity index (χ3n) is 5.32. The van der Waals surface area contributed by atoms with E-state index in [1.807, 2.05) is 25.1 Å². The fourth-order valence-electron chi connectivity index (χ4n) is 3.74. The highest BCUT2D eigenvalue weighted by molar-refractivity contribution is 7.89. The third-order valence-corrected chi connectivity index (χ3v) is 8.03. The molecule has 1 atom stereocenters. The van der Waals surface area contributed by atoms with Gasteiger partial charge in [0.05, 0.1) is 6.20 Å². The van der Waals surface area contributed by atoms with Gasteiger partial charge in [-0.25, -0.2) is 13.4 Å². The molecule has 1 aromatic carbocycles. The molecule has 0 aliphatic carbocycles. The first-order chi connectivity index (χ1) is 15.5. The largest absolute Gasteiger partial charge is 0.440 e. The van der Waals surface area contributed by atoms with Crippen LogP contribution in [0, 0.1) is 0 Å². The molecular formula is C21H21N5O4S2. The van der Waals surface area contributed by atoms with Crippen molar-refractivity contribution in [2.24, 2.45) is 0 Å². The summed E-state index contributed by atoms with van der Waals surface area (Å²) < 4.78 is 42.9. The van der Waals surface area contributed by atoms with Gasteiger partial charge >= 0.3 is 0 Å². The molecule has 0 radical (unpaired) electrons. The summed E-state index contributed by atoms with van der Waals surface area (Å²) in [5, 5.41) is 4.33. The summed E-state index contributed by atoms with van der Waals surface area (Å²) in [5.41, 5.74) is 1.16. The molecule has 1 aliphatic heterocycles. The molecule has 4 aromatic rings. The van der Waals surface area contributed by atoms with Crippen molar-refractivity contribution in [3.8, 4) is 11.5 Å². The molecule has 9 nitrogen and oxygen atoms in total. The molecule has 166 valence electrons. The van der Waals surface area contributed by atoms with Crippen LogP contribution in [0.1, 0.15) is 18.3 Å². The number of hydrogen-bond donors (Lipinski definition) is 0. The maximum absolute atomic E-state index is 13.2. The molecule has 1 aliphatic rings. The first-order valence-corrected chi connectivity index (χ1v) is 12.4. The van der Waals surface area contributed by atoms with Crippen LogP contribution in [0.5, 0.6) is 0 Å². The molecule has 1 saturated heterocycles. The van der Waals surface area contributed by atoms with Gasteiger partial charge in [0.1, 0.15) is 5.82 Å². The second kappa shape index (κ2) is 8.49. The predicted molar refractivity (Wildman–Crippen MR) is 119 cm³/mol. The van der Waals surface area contributed by atoms with Crippen LogP contribution in [-0.4, -0.2) is 52.9 Å². The number of rotatable bonds is 6. The molecule has 0 saturated carbocycles. The van der Waals surface area contributed by atoms with Gasteiger partial charge < -0.3 is 13.8 Å². The van der Waals surface area contributed by atoms with Crippen LogP contribution >= 0.6 is 11.5 Å². The van der Waals surface area contributed by atoms with Crippen LogP contribution in [0.4, 0.5) is 5.13 Å². The number of benzene rings is 1. The summed E-state index contributed by atoms with van der Waals surface area (Å²) in [6.45, 7) is 3.26. The van der Waals surface area contributed by atoms with Gasteiger partial charge in [-0.2, -0.15) is 8.68 Å². The molecule has 0 amide bonds. The van der Waals surface area contributed by atoms with E-state index in [-0.39, 0.29) is 11.1 Å². The van der Waals surface area contributed by atoms with Gasteiger partial charge in [0.15, 0.2) is 5.76 Å². The molecule has 32 heavy (non-hydrogen) atoms. The Morgan fingerprint density at radius 1 is 1.09 bits per heavy atom. The second-order valence-electron chi connectivity index (χ2n) is 7.56. The monoisotopic (exact) mass is 471 g/mol. The number of nitrogens with zero attached hydrogens (tertiary/aromatic N) is 5. The van der Waals surface area contributed by atoms with Gasteiger partial charge in [-0.3, -0.25) is 0 Å². The van der Waals surface area contributed by atoms with E-state index in [9.17, 15) is 8.42 Å². The van der Waals surface area contributed by atoms with Gasteiger partial charge in [-0.05, 0) is 24.6 Å². The maximum atomic E-state index is 13.2. The lowest BCUT2D eigenvalue weighted by molar-refractivity contribution is 0.296. The van der Waals surface area contributed by atoms with Crippen LogP contribution in [0.3, 0.4) is 0 Å². The van der Waals surface area contributed by atoms with Crippen molar-refractivity contribution in [1.29, 1.82) is 0 Å². The van der Waals surface area contributed by atoms with Crippen molar-refractivity contribution >= 4 is 26.7 Å². The molecule has 0 N–H and O–H groups in total. The smallest absolute Gasteiger partial charge is 0.276 e. The van der Waals surface area contributed by atoms with Gasteiger partial charge in [-0.15, -0.1) is 0 Å². The van der Waals surface area contributed by atoms with E-state index >= 15 is 0 Å². The van der Waals surface area contributed by atoms with E-state index in [1.165, 1.54) is 28.1 Å². The molecule has 0 bridgehead atoms. The molecular weight excluding hydrogens is 450 g/mol. The number of anilines is 1. The first-order valence-electron chi connectivity index (χ1n) is 10.1. The van der Waals surface area contributed by atoms with E-state index in [2.05, 4.69) is 31.5 Å². The quantitative estimate of drug-likeness (QED) is 0.422. The minimum atomic E-state index is -3.78. The fraction of sp³-hybridized carbons (Fsp3) is 0.286. The van der Waals surface area contributed by atoms with Crippen molar-refractivity contribution < 1.29 is 17.4 Å². The SMILES string of the molecule is CC1CN(c2nc(Cc3ccccc3)ns2)CCN1S(=O)(=O)c1ccc(-c2ccno2)o1. The Morgan fingerprint density at radius 3 is 2.69 bits per heavy atom. The molecule has 1 fully saturated rings. The summed E-state index contributed by atoms with van der Waals surface area (Å²) >= 11 is 1.35. The zero-order valence-corrected chi connectivity index (χ0v) is 18.9. The summed E-state index contributed by atoms with van der Waals surface area (Å²) in [4.78, 5) is 6.76. The number of aromatic nitrogens is 3. The van der Waals surface area contributed by atoms with Crippen LogP contribution in [0.25, 0.3) is 11.5 Å². The number of furan rings is 1. The number of sulfonamides is 1. The Morgan fingerprint density at radius 2 is 1.94 bits per heavy atom. The van der Waals surface area contributed by atoms with Gasteiger partial charge in [0.25, 0.3) is 10.0 Å². The minimum Gasteiger partial charge on any atom is -0.440 e. The number of hydrogen-bond acceptors (Lipinski definition) is 9. The van der Waals surface area contributed by atoms with Crippen LogP contribution in [0.2, 0.25) is 0 Å². The molecule has 0 spiro atoms. The Kier molecular flexibility index (Phi) is 5.53. The highest BCUT2D eigenvalue weighted by Crippen LogP contribution is 2.29. The summed E-state index contributed by atoms with van der Waals surface area (Å²) in [6.07, 6.45) is 2.15. The Hall–Kier alpha value is -3.02. The highest BCUT2D eigenvalue weighted by atomic mass is 32.2. The lowest BCUT2D eigenvalue weighted by atomic mass is 10.1. The standard InChI is InChI=1S/C21H21N5O4S2/c1-15-14-25(21-23-19(24-31-21)13-16-5-3-2-4-6-16)11-12-26(15)32(27,28)20-8-7-17(29-20)18-9-10-22-30-18/h2-10,15H,11-14H2,1H3. The van der Waals surface area contributed by atoms with E-state index in [0.717, 1.165) is 16.5 Å². The van der Waals surface area contributed by atoms with E-state index in [4.69, 9.17) is 8.94 Å². The van der Waals surface area contributed by atoms with Crippen molar-refractivity contribution in [3.63, 3.8) is 0 Å². The van der Waals surface area contributed by atoms with Crippen LogP contribution in [0.15, 0.2) is 68.8 Å². The number of piperazine rings is 1. The normalized spacial score (nSPS) is 17.7. The first kappa shape index (κ1) is 20.9. The van der Waals surface area contributed by atoms with Crippen molar-refractivity contribution in [3.05, 3.63) is 66.1 Å². The third kappa shape index (κ3) is 4.06. The Balaban J connectivity index is 1.27. The molecule has 5 rings (SSSR count). The Labute approximate surface area is 189 Å². The van der Waals surface area contributed by atoms with E-state index in [1.54, 1.807) is 12.1 Å². The van der Waals surface area contributed by atoms with Crippen molar-refractivity contribution in [2.75, 3.05) is 24.5 Å². The average molecular weight is 472 g/mol. The van der Waals surface area contributed by atoms with Gasteiger partial charge in [0.2, 0.25) is 16.0 Å². The maximum Gasteiger partial charge on any atom is 0.276 e. The zero-order valence-electron chi connectivity index (χ0n) is 17.3. The summed E-state index contributed by atoms with van der Waals surface area (Å²) in [5.74, 6) is 1.48. The summed E-state index contributed by atoms with van der Waals surface area (Å²) in [6, 6.07) is 14.5. The highest BCUT2D eigenvalue weighted by Gasteiger charge is 2.36. The molecule has 3 aromatic heterocycles. The van der Waals surface area contributed by atoms with E-state index < -0.39 is 10.0 Å². The molecule has 1 unspecified atom stereocenters. The van der Waals surface area contributed by atoms with Gasteiger partial charge in [0, 0.05) is 49.7 Å². The summed E-state index contributed by atoms with van der Waals surface area (Å²) in [7, 11) is -3.78. The zero-order chi connectivity index (χ0) is 22.1.